The number of halogens is 1. The van der Waals surface area contributed by atoms with Crippen LogP contribution in [0.4, 0.5) is 15.8 Å². The lowest BCUT2D eigenvalue weighted by molar-refractivity contribution is -0.385. The number of hydrogen-bond acceptors (Lipinski definition) is 5. The quantitative estimate of drug-likeness (QED) is 0.376. The highest BCUT2D eigenvalue weighted by Crippen LogP contribution is 2.18. The average Bonchev–Trinajstić information content (AvgIpc) is 2.60. The number of nitrogens with one attached hydrogen (secondary N) is 1. The second-order valence-electron chi connectivity index (χ2n) is 4.78. The number of anilines is 1. The summed E-state index contributed by atoms with van der Waals surface area (Å²) >= 11 is 0. The van der Waals surface area contributed by atoms with Gasteiger partial charge in [0.15, 0.2) is 6.61 Å². The van der Waals surface area contributed by atoms with Crippen LogP contribution in [-0.4, -0.2) is 23.4 Å². The molecule has 0 fully saturated rings. The molecule has 0 aromatic heterocycles. The fourth-order valence-electron chi connectivity index (χ4n) is 1.89. The maximum Gasteiger partial charge on any atom is 0.331 e. The van der Waals surface area contributed by atoms with Crippen LogP contribution in [0.15, 0.2) is 54.6 Å². The Labute approximate surface area is 141 Å². The zero-order valence-corrected chi connectivity index (χ0v) is 12.8. The molecule has 1 amide bonds. The van der Waals surface area contributed by atoms with Gasteiger partial charge in [-0.05, 0) is 24.3 Å². The van der Waals surface area contributed by atoms with Gasteiger partial charge >= 0.3 is 5.97 Å². The lowest BCUT2D eigenvalue weighted by Crippen LogP contribution is -2.20. The van der Waals surface area contributed by atoms with Crippen LogP contribution in [0.1, 0.15) is 5.56 Å². The zero-order valence-electron chi connectivity index (χ0n) is 12.8. The number of esters is 1. The van der Waals surface area contributed by atoms with Crippen LogP contribution in [-0.2, 0) is 14.3 Å². The first-order chi connectivity index (χ1) is 12.0. The number of carbonyl (C=O) groups is 2. The topological polar surface area (TPSA) is 98.5 Å². The van der Waals surface area contributed by atoms with Crippen molar-refractivity contribution in [3.05, 3.63) is 76.1 Å². The molecular weight excluding hydrogens is 331 g/mol. The molecule has 0 radical (unpaired) electrons. The van der Waals surface area contributed by atoms with Crippen LogP contribution in [0.25, 0.3) is 6.08 Å². The Morgan fingerprint density at radius 2 is 1.84 bits per heavy atom. The molecule has 1 N–H and O–H groups in total. The fraction of sp³-hybridized carbons (Fsp3) is 0.0588. The van der Waals surface area contributed by atoms with Gasteiger partial charge in [0, 0.05) is 12.1 Å². The molecule has 7 nitrogen and oxygen atoms in total. The number of para-hydroxylation sites is 2. The van der Waals surface area contributed by atoms with E-state index >= 15 is 0 Å². The van der Waals surface area contributed by atoms with Crippen molar-refractivity contribution in [1.29, 1.82) is 0 Å². The molecule has 2 aromatic carbocycles. The third kappa shape index (κ3) is 5.24. The van der Waals surface area contributed by atoms with Gasteiger partial charge in [-0.15, -0.1) is 0 Å². The van der Waals surface area contributed by atoms with Gasteiger partial charge < -0.3 is 10.1 Å². The van der Waals surface area contributed by atoms with Crippen LogP contribution in [0.2, 0.25) is 0 Å². The minimum atomic E-state index is -0.859. The predicted molar refractivity (Wildman–Crippen MR) is 88.1 cm³/mol. The largest absolute Gasteiger partial charge is 0.452 e. The fourth-order valence-corrected chi connectivity index (χ4v) is 1.89. The van der Waals surface area contributed by atoms with Crippen molar-refractivity contribution in [2.24, 2.45) is 0 Å². The Balaban J connectivity index is 1.89. The van der Waals surface area contributed by atoms with Crippen molar-refractivity contribution in [3.8, 4) is 0 Å². The molecule has 8 heteroatoms. The third-order valence-corrected chi connectivity index (χ3v) is 3.03. The van der Waals surface area contributed by atoms with E-state index in [9.17, 15) is 24.1 Å². The standard InChI is InChI=1S/C17H13FN2O5/c18-13-6-2-3-7-14(13)19-16(21)11-25-17(22)10-9-12-5-1-4-8-15(12)20(23)24/h1-10H,11H2,(H,19,21)/b10-9+. The molecule has 0 saturated heterocycles. The summed E-state index contributed by atoms with van der Waals surface area (Å²) in [6.07, 6.45) is 2.19. The molecule has 25 heavy (non-hydrogen) atoms. The second-order valence-corrected chi connectivity index (χ2v) is 4.78. The van der Waals surface area contributed by atoms with Crippen molar-refractivity contribution in [1.82, 2.24) is 0 Å². The monoisotopic (exact) mass is 344 g/mol. The van der Waals surface area contributed by atoms with Crippen LogP contribution in [0.5, 0.6) is 0 Å². The predicted octanol–water partition coefficient (Wildman–Crippen LogP) is 2.93. The van der Waals surface area contributed by atoms with Crippen LogP contribution >= 0.6 is 0 Å². The van der Waals surface area contributed by atoms with Gasteiger partial charge in [0.25, 0.3) is 11.6 Å². The van der Waals surface area contributed by atoms with Crippen molar-refractivity contribution in [2.75, 3.05) is 11.9 Å². The van der Waals surface area contributed by atoms with E-state index in [1.54, 1.807) is 12.1 Å². The number of rotatable bonds is 6. The molecule has 0 aliphatic heterocycles. The van der Waals surface area contributed by atoms with Gasteiger partial charge in [0.2, 0.25) is 0 Å². The molecule has 0 bridgehead atoms. The van der Waals surface area contributed by atoms with Gasteiger partial charge in [-0.3, -0.25) is 14.9 Å². The Bertz CT molecular complexity index is 835. The Morgan fingerprint density at radius 1 is 1.16 bits per heavy atom. The molecule has 2 aromatic rings. The number of nitro groups is 1. The SMILES string of the molecule is O=C(COC(=O)/C=C/c1ccccc1[N+](=O)[O-])Nc1ccccc1F. The van der Waals surface area contributed by atoms with Crippen LogP contribution < -0.4 is 5.32 Å². The highest BCUT2D eigenvalue weighted by molar-refractivity contribution is 5.94. The van der Waals surface area contributed by atoms with Gasteiger partial charge in [0.05, 0.1) is 16.2 Å². The molecular formula is C17H13FN2O5. The summed E-state index contributed by atoms with van der Waals surface area (Å²) in [7, 11) is 0. The summed E-state index contributed by atoms with van der Waals surface area (Å²) in [4.78, 5) is 33.5. The highest BCUT2D eigenvalue weighted by Gasteiger charge is 2.11. The number of ether oxygens (including phenoxy) is 1. The Morgan fingerprint density at radius 3 is 2.56 bits per heavy atom. The number of carbonyl (C=O) groups excluding carboxylic acids is 2. The number of hydrogen-bond donors (Lipinski definition) is 1. The summed E-state index contributed by atoms with van der Waals surface area (Å²) < 4.78 is 18.1. The van der Waals surface area contributed by atoms with Gasteiger partial charge in [0.1, 0.15) is 5.82 Å². The van der Waals surface area contributed by atoms with Crippen molar-refractivity contribution in [3.63, 3.8) is 0 Å². The molecule has 0 saturated carbocycles. The van der Waals surface area contributed by atoms with E-state index in [1.165, 1.54) is 42.5 Å². The van der Waals surface area contributed by atoms with E-state index in [2.05, 4.69) is 5.32 Å². The van der Waals surface area contributed by atoms with Crippen LogP contribution in [0.3, 0.4) is 0 Å². The maximum absolute atomic E-state index is 13.4. The Kier molecular flexibility index (Phi) is 5.94. The normalized spacial score (nSPS) is 10.4. The van der Waals surface area contributed by atoms with Crippen molar-refractivity contribution in [2.45, 2.75) is 0 Å². The van der Waals surface area contributed by atoms with E-state index in [4.69, 9.17) is 4.74 Å². The Hall–Kier alpha value is -3.55. The minimum absolute atomic E-state index is 0.0287. The number of benzene rings is 2. The van der Waals surface area contributed by atoms with E-state index in [1.807, 2.05) is 0 Å². The summed E-state index contributed by atoms with van der Waals surface area (Å²) in [6, 6.07) is 11.4. The molecule has 2 rings (SSSR count). The lowest BCUT2D eigenvalue weighted by Gasteiger charge is -2.06. The first kappa shape index (κ1) is 17.8. The second kappa shape index (κ2) is 8.34. The van der Waals surface area contributed by atoms with Crippen LogP contribution in [0, 0.1) is 15.9 Å². The first-order valence-electron chi connectivity index (χ1n) is 7.10. The zero-order chi connectivity index (χ0) is 18.2. The summed E-state index contributed by atoms with van der Waals surface area (Å²) in [5.74, 6) is -2.18. The van der Waals surface area contributed by atoms with Gasteiger partial charge in [-0.2, -0.15) is 0 Å². The van der Waals surface area contributed by atoms with Gasteiger partial charge in [-0.25, -0.2) is 9.18 Å². The van der Waals surface area contributed by atoms with E-state index in [-0.39, 0.29) is 16.9 Å². The summed E-state index contributed by atoms with van der Waals surface area (Å²) in [6.45, 7) is -0.617. The van der Waals surface area contributed by atoms with E-state index < -0.39 is 29.2 Å². The number of amides is 1. The molecule has 0 aliphatic carbocycles. The van der Waals surface area contributed by atoms with Gasteiger partial charge in [-0.1, -0.05) is 24.3 Å². The number of nitrogens with zero attached hydrogens (tertiary/aromatic N) is 1. The maximum atomic E-state index is 13.4. The van der Waals surface area contributed by atoms with E-state index in [0.29, 0.717) is 0 Å². The molecule has 128 valence electrons. The van der Waals surface area contributed by atoms with Crippen molar-refractivity contribution >= 4 is 29.3 Å². The molecule has 0 heterocycles. The van der Waals surface area contributed by atoms with E-state index in [0.717, 1.165) is 6.08 Å². The number of nitro benzene ring substituents is 1. The first-order valence-corrected chi connectivity index (χ1v) is 7.10. The molecule has 0 atom stereocenters. The molecule has 0 spiro atoms. The minimum Gasteiger partial charge on any atom is -0.452 e. The average molecular weight is 344 g/mol. The van der Waals surface area contributed by atoms with Crippen molar-refractivity contribution < 1.29 is 23.6 Å². The summed E-state index contributed by atoms with van der Waals surface area (Å²) in [5, 5.41) is 13.1. The molecule has 0 unspecified atom stereocenters. The smallest absolute Gasteiger partial charge is 0.331 e. The molecule has 0 aliphatic rings. The highest BCUT2D eigenvalue weighted by atomic mass is 19.1. The lowest BCUT2D eigenvalue weighted by atomic mass is 10.1. The summed E-state index contributed by atoms with van der Waals surface area (Å²) in [5.41, 5.74) is 0.0307. The third-order valence-electron chi connectivity index (χ3n) is 3.03.